The molecule has 0 spiro atoms. The first-order valence-corrected chi connectivity index (χ1v) is 9.82. The van der Waals surface area contributed by atoms with E-state index < -0.39 is 17.6 Å². The second kappa shape index (κ2) is 10.3. The maximum atomic E-state index is 13.8. The van der Waals surface area contributed by atoms with E-state index in [1.54, 1.807) is 12.1 Å². The first-order valence-electron chi connectivity index (χ1n) is 9.82. The summed E-state index contributed by atoms with van der Waals surface area (Å²) in [7, 11) is 0. The summed E-state index contributed by atoms with van der Waals surface area (Å²) >= 11 is 0. The Kier molecular flexibility index (Phi) is 7.29. The highest BCUT2D eigenvalue weighted by Gasteiger charge is 2.16. The third kappa shape index (κ3) is 5.86. The second-order valence-electron chi connectivity index (χ2n) is 6.88. The molecule has 0 heterocycles. The molecule has 0 saturated carbocycles. The summed E-state index contributed by atoms with van der Waals surface area (Å²) in [5, 5.41) is 9.54. The van der Waals surface area contributed by atoms with Crippen LogP contribution in [0.4, 0.5) is 10.1 Å². The van der Waals surface area contributed by atoms with Crippen molar-refractivity contribution in [2.24, 2.45) is 5.73 Å². The largest absolute Gasteiger partial charge is 0.355 e. The molecule has 0 atom stereocenters. The van der Waals surface area contributed by atoms with Gasteiger partial charge in [0.25, 0.3) is 11.8 Å². The van der Waals surface area contributed by atoms with Crippen LogP contribution in [0, 0.1) is 5.82 Å². The van der Waals surface area contributed by atoms with E-state index in [4.69, 9.17) is 5.73 Å². The van der Waals surface area contributed by atoms with Gasteiger partial charge in [0.15, 0.2) is 0 Å². The Balaban J connectivity index is 1.72. The smallest absolute Gasteiger partial charge is 0.255 e. The number of benzene rings is 3. The Labute approximate surface area is 178 Å². The molecule has 0 unspecified atom stereocenters. The lowest BCUT2D eigenvalue weighted by molar-refractivity contribution is -0.120. The number of carbonyl (C=O) groups excluding carboxylic acids is 3. The van der Waals surface area contributed by atoms with Gasteiger partial charge in [-0.05, 0) is 54.1 Å². The minimum absolute atomic E-state index is 0.0131. The van der Waals surface area contributed by atoms with E-state index in [9.17, 15) is 18.8 Å². The highest BCUT2D eigenvalue weighted by atomic mass is 19.1. The minimum Gasteiger partial charge on any atom is -0.355 e. The molecule has 160 valence electrons. The van der Waals surface area contributed by atoms with Crippen molar-refractivity contribution >= 4 is 34.2 Å². The van der Waals surface area contributed by atoms with E-state index in [0.29, 0.717) is 25.1 Å². The van der Waals surface area contributed by atoms with Gasteiger partial charge in [-0.15, -0.1) is 0 Å². The van der Waals surface area contributed by atoms with Crippen LogP contribution in [-0.4, -0.2) is 37.4 Å². The van der Waals surface area contributed by atoms with Gasteiger partial charge in [-0.25, -0.2) is 4.39 Å². The molecule has 0 fully saturated rings. The molecule has 0 saturated heterocycles. The SMILES string of the molecule is NCCCNC(=O)CNC(=O)c1ccc(F)cc1NC(=O)c1ccc2ccccc2c1. The van der Waals surface area contributed by atoms with Gasteiger partial charge in [-0.3, -0.25) is 14.4 Å². The number of nitrogens with one attached hydrogen (secondary N) is 3. The molecule has 0 aromatic heterocycles. The number of carbonyl (C=O) groups is 3. The fourth-order valence-corrected chi connectivity index (χ4v) is 2.99. The summed E-state index contributed by atoms with van der Waals surface area (Å²) in [6.07, 6.45) is 0.628. The Morgan fingerprint density at radius 1 is 0.871 bits per heavy atom. The van der Waals surface area contributed by atoms with Gasteiger partial charge in [-0.1, -0.05) is 30.3 Å². The molecule has 3 rings (SSSR count). The molecule has 8 heteroatoms. The molecular weight excluding hydrogens is 399 g/mol. The van der Waals surface area contributed by atoms with Gasteiger partial charge in [0.05, 0.1) is 17.8 Å². The summed E-state index contributed by atoms with van der Waals surface area (Å²) < 4.78 is 13.8. The number of nitrogens with two attached hydrogens (primary N) is 1. The van der Waals surface area contributed by atoms with Crippen LogP contribution in [-0.2, 0) is 4.79 Å². The molecule has 3 aromatic rings. The minimum atomic E-state index is -0.609. The van der Waals surface area contributed by atoms with Crippen LogP contribution in [0.1, 0.15) is 27.1 Å². The van der Waals surface area contributed by atoms with Crippen LogP contribution >= 0.6 is 0 Å². The Bertz CT molecular complexity index is 1120. The molecule has 3 aromatic carbocycles. The summed E-state index contributed by atoms with van der Waals surface area (Å²) in [6.45, 7) is 0.607. The van der Waals surface area contributed by atoms with Gasteiger partial charge < -0.3 is 21.7 Å². The zero-order valence-corrected chi connectivity index (χ0v) is 16.8. The van der Waals surface area contributed by atoms with Gasteiger partial charge >= 0.3 is 0 Å². The lowest BCUT2D eigenvalue weighted by Gasteiger charge is -2.12. The summed E-state index contributed by atoms with van der Waals surface area (Å²) in [4.78, 5) is 37.0. The topological polar surface area (TPSA) is 113 Å². The number of amides is 3. The summed E-state index contributed by atoms with van der Waals surface area (Å²) in [5.41, 5.74) is 5.79. The standard InChI is InChI=1S/C23H23FN4O3/c24-18-8-9-19(23(31)27-14-21(29)26-11-3-10-25)20(13-18)28-22(30)17-7-6-15-4-1-2-5-16(15)12-17/h1-2,4-9,12-13H,3,10-11,14,25H2,(H,26,29)(H,27,31)(H,28,30). The van der Waals surface area contributed by atoms with Crippen molar-refractivity contribution < 1.29 is 18.8 Å². The number of hydrogen-bond donors (Lipinski definition) is 4. The summed E-state index contributed by atoms with van der Waals surface area (Å²) in [5.74, 6) is -2.07. The van der Waals surface area contributed by atoms with E-state index >= 15 is 0 Å². The predicted octanol–water partition coefficient (Wildman–Crippen LogP) is 2.43. The number of rotatable bonds is 8. The van der Waals surface area contributed by atoms with E-state index in [2.05, 4.69) is 16.0 Å². The van der Waals surface area contributed by atoms with Crippen molar-refractivity contribution in [3.05, 3.63) is 77.6 Å². The van der Waals surface area contributed by atoms with Crippen LogP contribution in [0.2, 0.25) is 0 Å². The van der Waals surface area contributed by atoms with Crippen LogP contribution in [0.25, 0.3) is 10.8 Å². The number of fused-ring (bicyclic) bond motifs is 1. The fourth-order valence-electron chi connectivity index (χ4n) is 2.99. The zero-order valence-electron chi connectivity index (χ0n) is 16.8. The molecular formula is C23H23FN4O3. The van der Waals surface area contributed by atoms with Crippen LogP contribution in [0.3, 0.4) is 0 Å². The maximum absolute atomic E-state index is 13.8. The molecule has 0 aliphatic rings. The van der Waals surface area contributed by atoms with E-state index in [1.165, 1.54) is 6.07 Å². The van der Waals surface area contributed by atoms with Gasteiger partial charge in [-0.2, -0.15) is 0 Å². The van der Waals surface area contributed by atoms with Gasteiger partial charge in [0.1, 0.15) is 5.82 Å². The molecule has 0 bridgehead atoms. The van der Waals surface area contributed by atoms with E-state index in [0.717, 1.165) is 22.9 Å². The molecule has 0 aliphatic heterocycles. The maximum Gasteiger partial charge on any atom is 0.255 e. The first kappa shape index (κ1) is 21.9. The number of halogens is 1. The first-order chi connectivity index (χ1) is 15.0. The normalized spacial score (nSPS) is 10.5. The van der Waals surface area contributed by atoms with E-state index in [1.807, 2.05) is 30.3 Å². The highest BCUT2D eigenvalue weighted by molar-refractivity contribution is 6.10. The van der Waals surface area contributed by atoms with Crippen molar-refractivity contribution in [1.82, 2.24) is 10.6 Å². The molecule has 31 heavy (non-hydrogen) atoms. The molecule has 0 aliphatic carbocycles. The van der Waals surface area contributed by atoms with Crippen LogP contribution in [0.5, 0.6) is 0 Å². The molecule has 3 amide bonds. The average Bonchev–Trinajstić information content (AvgIpc) is 2.77. The lowest BCUT2D eigenvalue weighted by Crippen LogP contribution is -2.38. The molecule has 7 nitrogen and oxygen atoms in total. The van der Waals surface area contributed by atoms with Gasteiger partial charge in [0.2, 0.25) is 5.91 Å². The number of anilines is 1. The van der Waals surface area contributed by atoms with Crippen molar-refractivity contribution in [2.45, 2.75) is 6.42 Å². The zero-order chi connectivity index (χ0) is 22.2. The summed E-state index contributed by atoms with van der Waals surface area (Å²) in [6, 6.07) is 16.2. The fraction of sp³-hybridized carbons (Fsp3) is 0.174. The molecule has 0 radical (unpaired) electrons. The molecule has 5 N–H and O–H groups in total. The highest BCUT2D eigenvalue weighted by Crippen LogP contribution is 2.20. The monoisotopic (exact) mass is 422 g/mol. The van der Waals surface area contributed by atoms with Crippen LogP contribution < -0.4 is 21.7 Å². The van der Waals surface area contributed by atoms with E-state index in [-0.39, 0.29) is 23.7 Å². The third-order valence-corrected chi connectivity index (χ3v) is 4.60. The van der Waals surface area contributed by atoms with Gasteiger partial charge in [0, 0.05) is 12.1 Å². The predicted molar refractivity (Wildman–Crippen MR) is 117 cm³/mol. The quantitative estimate of drug-likeness (QED) is 0.418. The Morgan fingerprint density at radius 2 is 1.65 bits per heavy atom. The average molecular weight is 422 g/mol. The second-order valence-corrected chi connectivity index (χ2v) is 6.88. The van der Waals surface area contributed by atoms with Crippen molar-refractivity contribution in [3.8, 4) is 0 Å². The van der Waals surface area contributed by atoms with Crippen LogP contribution in [0.15, 0.2) is 60.7 Å². The third-order valence-electron chi connectivity index (χ3n) is 4.60. The van der Waals surface area contributed by atoms with Crippen molar-refractivity contribution in [3.63, 3.8) is 0 Å². The Hall–Kier alpha value is -3.78. The lowest BCUT2D eigenvalue weighted by atomic mass is 10.1. The number of hydrogen-bond acceptors (Lipinski definition) is 4. The van der Waals surface area contributed by atoms with Crippen molar-refractivity contribution in [1.29, 1.82) is 0 Å². The van der Waals surface area contributed by atoms with Crippen molar-refractivity contribution in [2.75, 3.05) is 25.0 Å². The Morgan fingerprint density at radius 3 is 2.42 bits per heavy atom.